The number of amides is 1. The first-order valence-electron chi connectivity index (χ1n) is 7.83. The maximum absolute atomic E-state index is 12.3. The second-order valence-electron chi connectivity index (χ2n) is 5.48. The third-order valence-corrected chi connectivity index (χ3v) is 3.85. The van der Waals surface area contributed by atoms with Crippen LogP contribution < -0.4 is 10.1 Å². The molecular formula is C19H24N2O2. The van der Waals surface area contributed by atoms with Crippen molar-refractivity contribution in [3.05, 3.63) is 59.7 Å². The van der Waals surface area contributed by atoms with E-state index in [4.69, 9.17) is 4.74 Å². The normalized spacial score (nSPS) is 10.6. The maximum Gasteiger partial charge on any atom is 0.238 e. The Morgan fingerprint density at radius 1 is 1.13 bits per heavy atom. The summed E-state index contributed by atoms with van der Waals surface area (Å²) in [5, 5.41) is 2.92. The van der Waals surface area contributed by atoms with E-state index in [0.717, 1.165) is 13.1 Å². The number of benzene rings is 2. The quantitative estimate of drug-likeness (QED) is 0.851. The van der Waals surface area contributed by atoms with Crippen LogP contribution in [0.4, 0.5) is 5.69 Å². The van der Waals surface area contributed by atoms with Crippen molar-refractivity contribution in [3.63, 3.8) is 0 Å². The lowest BCUT2D eigenvalue weighted by molar-refractivity contribution is -0.117. The zero-order chi connectivity index (χ0) is 16.7. The fourth-order valence-corrected chi connectivity index (χ4v) is 2.45. The van der Waals surface area contributed by atoms with E-state index in [-0.39, 0.29) is 5.91 Å². The third kappa shape index (κ3) is 4.83. The van der Waals surface area contributed by atoms with E-state index in [2.05, 4.69) is 36.2 Å². The van der Waals surface area contributed by atoms with Gasteiger partial charge in [0.25, 0.3) is 0 Å². The maximum atomic E-state index is 12.3. The smallest absolute Gasteiger partial charge is 0.238 e. The first kappa shape index (κ1) is 17.0. The van der Waals surface area contributed by atoms with Gasteiger partial charge in [-0.05, 0) is 36.7 Å². The van der Waals surface area contributed by atoms with Gasteiger partial charge in [0, 0.05) is 6.54 Å². The van der Waals surface area contributed by atoms with Gasteiger partial charge in [-0.15, -0.1) is 0 Å². The topological polar surface area (TPSA) is 41.6 Å². The minimum atomic E-state index is -0.0371. The Labute approximate surface area is 138 Å². The highest BCUT2D eigenvalue weighted by atomic mass is 16.5. The van der Waals surface area contributed by atoms with Gasteiger partial charge in [0.2, 0.25) is 5.91 Å². The summed E-state index contributed by atoms with van der Waals surface area (Å²) in [6, 6.07) is 15.7. The molecular weight excluding hydrogens is 288 g/mol. The second kappa shape index (κ2) is 8.34. The molecule has 2 aromatic rings. The van der Waals surface area contributed by atoms with E-state index in [0.29, 0.717) is 18.0 Å². The summed E-state index contributed by atoms with van der Waals surface area (Å²) in [7, 11) is 1.60. The van der Waals surface area contributed by atoms with Gasteiger partial charge < -0.3 is 10.1 Å². The minimum absolute atomic E-state index is 0.0371. The van der Waals surface area contributed by atoms with Crippen LogP contribution in [0, 0.1) is 6.92 Å². The molecule has 0 aliphatic rings. The summed E-state index contributed by atoms with van der Waals surface area (Å²) in [6.45, 7) is 6.09. The van der Waals surface area contributed by atoms with Gasteiger partial charge in [0.05, 0.1) is 19.3 Å². The first-order chi connectivity index (χ1) is 11.1. The van der Waals surface area contributed by atoms with E-state index < -0.39 is 0 Å². The number of hydrogen-bond acceptors (Lipinski definition) is 3. The van der Waals surface area contributed by atoms with Crippen LogP contribution in [0.5, 0.6) is 5.75 Å². The summed E-state index contributed by atoms with van der Waals surface area (Å²) in [5.74, 6) is 0.632. The Morgan fingerprint density at radius 2 is 1.83 bits per heavy atom. The molecule has 1 amide bonds. The SMILES string of the molecule is CCN(CC(=O)Nc1ccccc1OC)Cc1ccccc1C. The van der Waals surface area contributed by atoms with Crippen LogP contribution in [-0.2, 0) is 11.3 Å². The number of ether oxygens (including phenoxy) is 1. The summed E-state index contributed by atoms with van der Waals surface area (Å²) in [5.41, 5.74) is 3.20. The molecule has 0 aliphatic carbocycles. The van der Waals surface area contributed by atoms with Crippen molar-refractivity contribution in [1.82, 2.24) is 4.90 Å². The molecule has 0 spiro atoms. The van der Waals surface area contributed by atoms with Crippen molar-refractivity contribution in [2.24, 2.45) is 0 Å². The third-order valence-electron chi connectivity index (χ3n) is 3.85. The fourth-order valence-electron chi connectivity index (χ4n) is 2.45. The molecule has 0 saturated carbocycles. The molecule has 0 saturated heterocycles. The number of hydrogen-bond donors (Lipinski definition) is 1. The number of aryl methyl sites for hydroxylation is 1. The van der Waals surface area contributed by atoms with Gasteiger partial charge in [0.1, 0.15) is 5.75 Å². The van der Waals surface area contributed by atoms with Crippen LogP contribution in [0.3, 0.4) is 0 Å². The molecule has 0 unspecified atom stereocenters. The average Bonchev–Trinajstić information content (AvgIpc) is 2.56. The lowest BCUT2D eigenvalue weighted by Gasteiger charge is -2.21. The number of carbonyl (C=O) groups excluding carboxylic acids is 1. The van der Waals surface area contributed by atoms with Crippen LogP contribution in [0.25, 0.3) is 0 Å². The van der Waals surface area contributed by atoms with Gasteiger partial charge in [-0.25, -0.2) is 0 Å². The monoisotopic (exact) mass is 312 g/mol. The van der Waals surface area contributed by atoms with Crippen LogP contribution in [-0.4, -0.2) is 31.0 Å². The molecule has 4 nitrogen and oxygen atoms in total. The van der Waals surface area contributed by atoms with E-state index in [1.807, 2.05) is 36.4 Å². The highest BCUT2D eigenvalue weighted by Gasteiger charge is 2.12. The highest BCUT2D eigenvalue weighted by Crippen LogP contribution is 2.22. The summed E-state index contributed by atoms with van der Waals surface area (Å²) >= 11 is 0. The van der Waals surface area contributed by atoms with Gasteiger partial charge >= 0.3 is 0 Å². The lowest BCUT2D eigenvalue weighted by Crippen LogP contribution is -2.33. The summed E-state index contributed by atoms with van der Waals surface area (Å²) < 4.78 is 5.26. The molecule has 0 bridgehead atoms. The lowest BCUT2D eigenvalue weighted by atomic mass is 10.1. The summed E-state index contributed by atoms with van der Waals surface area (Å²) in [6.07, 6.45) is 0. The van der Waals surface area contributed by atoms with Gasteiger partial charge in [-0.3, -0.25) is 9.69 Å². The van der Waals surface area contributed by atoms with Crippen molar-refractivity contribution >= 4 is 11.6 Å². The number of nitrogens with zero attached hydrogens (tertiary/aromatic N) is 1. The second-order valence-corrected chi connectivity index (χ2v) is 5.48. The minimum Gasteiger partial charge on any atom is -0.495 e. The van der Waals surface area contributed by atoms with Crippen LogP contribution in [0.15, 0.2) is 48.5 Å². The molecule has 122 valence electrons. The molecule has 23 heavy (non-hydrogen) atoms. The number of carbonyl (C=O) groups is 1. The number of anilines is 1. The van der Waals surface area contributed by atoms with Crippen molar-refractivity contribution in [1.29, 1.82) is 0 Å². The van der Waals surface area contributed by atoms with Gasteiger partial charge in [-0.1, -0.05) is 43.3 Å². The average molecular weight is 312 g/mol. The molecule has 0 aliphatic heterocycles. The Bertz CT molecular complexity index is 655. The number of para-hydroxylation sites is 2. The molecule has 4 heteroatoms. The summed E-state index contributed by atoms with van der Waals surface area (Å²) in [4.78, 5) is 14.4. The van der Waals surface area contributed by atoms with E-state index >= 15 is 0 Å². The molecule has 0 atom stereocenters. The van der Waals surface area contributed by atoms with E-state index in [1.54, 1.807) is 7.11 Å². The van der Waals surface area contributed by atoms with Gasteiger partial charge in [0.15, 0.2) is 0 Å². The van der Waals surface area contributed by atoms with Crippen LogP contribution >= 0.6 is 0 Å². The highest BCUT2D eigenvalue weighted by molar-refractivity contribution is 5.93. The molecule has 0 heterocycles. The van der Waals surface area contributed by atoms with Gasteiger partial charge in [-0.2, -0.15) is 0 Å². The number of rotatable bonds is 7. The number of nitrogens with one attached hydrogen (secondary N) is 1. The molecule has 2 aromatic carbocycles. The molecule has 0 radical (unpaired) electrons. The predicted molar refractivity (Wildman–Crippen MR) is 93.8 cm³/mol. The van der Waals surface area contributed by atoms with E-state index in [9.17, 15) is 4.79 Å². The number of methoxy groups -OCH3 is 1. The number of likely N-dealkylation sites (N-methyl/N-ethyl adjacent to an activating group) is 1. The molecule has 0 aromatic heterocycles. The largest absolute Gasteiger partial charge is 0.495 e. The zero-order valence-corrected chi connectivity index (χ0v) is 14.0. The zero-order valence-electron chi connectivity index (χ0n) is 14.0. The van der Waals surface area contributed by atoms with Crippen LogP contribution in [0.1, 0.15) is 18.1 Å². The van der Waals surface area contributed by atoms with Crippen molar-refractivity contribution in [2.45, 2.75) is 20.4 Å². The standard InChI is InChI=1S/C19H24N2O2/c1-4-21(13-16-10-6-5-9-15(16)2)14-19(22)20-17-11-7-8-12-18(17)23-3/h5-12H,4,13-14H2,1-3H3,(H,20,22). The van der Waals surface area contributed by atoms with E-state index in [1.165, 1.54) is 11.1 Å². The Balaban J connectivity index is 1.98. The Kier molecular flexibility index (Phi) is 6.18. The van der Waals surface area contributed by atoms with Crippen molar-refractivity contribution in [3.8, 4) is 5.75 Å². The predicted octanol–water partition coefficient (Wildman–Crippen LogP) is 3.46. The van der Waals surface area contributed by atoms with Crippen molar-refractivity contribution < 1.29 is 9.53 Å². The fraction of sp³-hybridized carbons (Fsp3) is 0.316. The molecule has 2 rings (SSSR count). The Hall–Kier alpha value is -2.33. The Morgan fingerprint density at radius 3 is 2.52 bits per heavy atom. The van der Waals surface area contributed by atoms with Crippen molar-refractivity contribution in [2.75, 3.05) is 25.5 Å². The first-order valence-corrected chi connectivity index (χ1v) is 7.83. The molecule has 0 fully saturated rings. The van der Waals surface area contributed by atoms with Crippen LogP contribution in [0.2, 0.25) is 0 Å². The molecule has 1 N–H and O–H groups in total.